The molecular formula is C17H22FN3O3. The van der Waals surface area contributed by atoms with Crippen molar-refractivity contribution in [2.75, 3.05) is 6.54 Å². The molecule has 2 aromatic rings. The van der Waals surface area contributed by atoms with Gasteiger partial charge in [0.1, 0.15) is 11.4 Å². The van der Waals surface area contributed by atoms with E-state index in [1.165, 1.54) is 6.07 Å². The number of nitrogens with one attached hydrogen (secondary N) is 1. The molecule has 0 radical (unpaired) electrons. The van der Waals surface area contributed by atoms with E-state index in [0.29, 0.717) is 24.2 Å². The summed E-state index contributed by atoms with van der Waals surface area (Å²) < 4.78 is 21.0. The number of alkyl carbamates (subject to hydrolysis) is 1. The molecule has 1 heterocycles. The van der Waals surface area contributed by atoms with Gasteiger partial charge in [-0.15, -0.1) is 0 Å². The molecule has 7 heteroatoms. The third kappa shape index (κ3) is 4.79. The van der Waals surface area contributed by atoms with Gasteiger partial charge in [0.05, 0.1) is 19.3 Å². The number of benzene rings is 1. The minimum absolute atomic E-state index is 0.242. The standard InChI is InChI=1S/C17H22FN3O3/c1-17(2,3)24-16(23)19-7-8-21-10-13(9-20-21)14-6-4-5-12(11-22)15(14)18/h4-6,9-10,22H,7-8,11H2,1-3H3,(H,19,23). The Hall–Kier alpha value is -2.41. The number of amides is 1. The van der Waals surface area contributed by atoms with Crippen LogP contribution < -0.4 is 5.32 Å². The van der Waals surface area contributed by atoms with Crippen molar-refractivity contribution in [3.05, 3.63) is 42.0 Å². The molecule has 2 rings (SSSR count). The van der Waals surface area contributed by atoms with Gasteiger partial charge in [0.2, 0.25) is 0 Å². The molecule has 24 heavy (non-hydrogen) atoms. The topological polar surface area (TPSA) is 76.4 Å². The molecule has 1 aromatic heterocycles. The van der Waals surface area contributed by atoms with Gasteiger partial charge in [-0.1, -0.05) is 18.2 Å². The molecule has 0 aliphatic carbocycles. The van der Waals surface area contributed by atoms with Gasteiger partial charge in [-0.3, -0.25) is 4.68 Å². The van der Waals surface area contributed by atoms with Gasteiger partial charge in [-0.05, 0) is 20.8 Å². The first-order valence-corrected chi connectivity index (χ1v) is 7.68. The van der Waals surface area contributed by atoms with Gasteiger partial charge in [0.25, 0.3) is 0 Å². The van der Waals surface area contributed by atoms with E-state index >= 15 is 0 Å². The molecule has 0 fully saturated rings. The molecule has 0 unspecified atom stereocenters. The lowest BCUT2D eigenvalue weighted by atomic mass is 10.1. The van der Waals surface area contributed by atoms with Crippen molar-refractivity contribution >= 4 is 6.09 Å². The Morgan fingerprint density at radius 3 is 2.83 bits per heavy atom. The summed E-state index contributed by atoms with van der Waals surface area (Å²) in [6, 6.07) is 4.86. The minimum Gasteiger partial charge on any atom is -0.444 e. The molecule has 0 saturated heterocycles. The van der Waals surface area contributed by atoms with Crippen LogP contribution in [-0.2, 0) is 17.9 Å². The average molecular weight is 335 g/mol. The van der Waals surface area contributed by atoms with E-state index in [0.717, 1.165) is 0 Å². The van der Waals surface area contributed by atoms with Crippen molar-refractivity contribution in [3.63, 3.8) is 0 Å². The van der Waals surface area contributed by atoms with E-state index in [1.54, 1.807) is 50.0 Å². The summed E-state index contributed by atoms with van der Waals surface area (Å²) in [5.41, 5.74) is 0.692. The van der Waals surface area contributed by atoms with Crippen LogP contribution in [0.5, 0.6) is 0 Å². The molecule has 6 nitrogen and oxygen atoms in total. The molecule has 1 aromatic carbocycles. The van der Waals surface area contributed by atoms with Crippen molar-refractivity contribution < 1.29 is 19.0 Å². The zero-order valence-electron chi connectivity index (χ0n) is 14.0. The number of hydrogen-bond donors (Lipinski definition) is 2. The maximum Gasteiger partial charge on any atom is 0.407 e. The lowest BCUT2D eigenvalue weighted by molar-refractivity contribution is 0.0525. The third-order valence-electron chi connectivity index (χ3n) is 3.20. The fourth-order valence-electron chi connectivity index (χ4n) is 2.14. The summed E-state index contributed by atoms with van der Waals surface area (Å²) in [5.74, 6) is -0.452. The predicted octanol–water partition coefficient (Wildman–Crippen LogP) is 2.71. The molecule has 130 valence electrons. The quantitative estimate of drug-likeness (QED) is 0.881. The molecule has 0 bridgehead atoms. The number of aliphatic hydroxyl groups is 1. The molecule has 0 saturated carbocycles. The predicted molar refractivity (Wildman–Crippen MR) is 87.8 cm³/mol. The van der Waals surface area contributed by atoms with E-state index < -0.39 is 17.5 Å². The molecule has 0 aliphatic heterocycles. The summed E-state index contributed by atoms with van der Waals surface area (Å²) in [6.07, 6.45) is 2.75. The number of hydrogen-bond acceptors (Lipinski definition) is 4. The summed E-state index contributed by atoms with van der Waals surface area (Å²) in [6.45, 7) is 5.80. The smallest absolute Gasteiger partial charge is 0.407 e. The number of halogens is 1. The second-order valence-electron chi connectivity index (χ2n) is 6.36. The molecule has 0 aliphatic rings. The van der Waals surface area contributed by atoms with Gasteiger partial charge in [0.15, 0.2) is 0 Å². The number of carbonyl (C=O) groups excluding carboxylic acids is 1. The van der Waals surface area contributed by atoms with E-state index in [1.807, 2.05) is 0 Å². The molecule has 0 spiro atoms. The van der Waals surface area contributed by atoms with Crippen molar-refractivity contribution in [1.82, 2.24) is 15.1 Å². The van der Waals surface area contributed by atoms with Crippen LogP contribution in [0.2, 0.25) is 0 Å². The fourth-order valence-corrected chi connectivity index (χ4v) is 2.14. The number of carbonyl (C=O) groups is 1. The molecular weight excluding hydrogens is 313 g/mol. The van der Waals surface area contributed by atoms with Crippen LogP contribution in [-0.4, -0.2) is 33.1 Å². The highest BCUT2D eigenvalue weighted by atomic mass is 19.1. The first kappa shape index (κ1) is 17.9. The Morgan fingerprint density at radius 1 is 1.42 bits per heavy atom. The highest BCUT2D eigenvalue weighted by molar-refractivity contribution is 5.67. The van der Waals surface area contributed by atoms with Crippen molar-refractivity contribution in [1.29, 1.82) is 0 Å². The van der Waals surface area contributed by atoms with Crippen molar-refractivity contribution in [2.24, 2.45) is 0 Å². The molecule has 0 atom stereocenters. The van der Waals surface area contributed by atoms with Gasteiger partial charge in [-0.25, -0.2) is 9.18 Å². The lowest BCUT2D eigenvalue weighted by Crippen LogP contribution is -2.34. The summed E-state index contributed by atoms with van der Waals surface area (Å²) in [5, 5.41) is 15.9. The monoisotopic (exact) mass is 335 g/mol. The Morgan fingerprint density at radius 2 is 2.17 bits per heavy atom. The molecule has 2 N–H and O–H groups in total. The van der Waals surface area contributed by atoms with Gasteiger partial charge in [0, 0.05) is 29.4 Å². The van der Waals surface area contributed by atoms with Gasteiger partial charge < -0.3 is 15.2 Å². The Kier molecular flexibility index (Phi) is 5.56. The second kappa shape index (κ2) is 7.44. The van der Waals surface area contributed by atoms with E-state index in [-0.39, 0.29) is 12.2 Å². The first-order chi connectivity index (χ1) is 11.3. The maximum atomic E-state index is 14.2. The molecule has 1 amide bonds. The normalized spacial score (nSPS) is 11.4. The van der Waals surface area contributed by atoms with E-state index in [2.05, 4.69) is 10.4 Å². The van der Waals surface area contributed by atoms with Crippen molar-refractivity contribution in [2.45, 2.75) is 39.5 Å². The first-order valence-electron chi connectivity index (χ1n) is 7.68. The summed E-state index contributed by atoms with van der Waals surface area (Å²) in [7, 11) is 0. The third-order valence-corrected chi connectivity index (χ3v) is 3.20. The fraction of sp³-hybridized carbons (Fsp3) is 0.412. The maximum absolute atomic E-state index is 14.2. The second-order valence-corrected chi connectivity index (χ2v) is 6.36. The van der Waals surface area contributed by atoms with Crippen LogP contribution in [0, 0.1) is 5.82 Å². The zero-order valence-corrected chi connectivity index (χ0v) is 14.0. The number of nitrogens with zero attached hydrogens (tertiary/aromatic N) is 2. The Balaban J connectivity index is 1.96. The lowest BCUT2D eigenvalue weighted by Gasteiger charge is -2.19. The average Bonchev–Trinajstić information content (AvgIpc) is 2.94. The van der Waals surface area contributed by atoms with Crippen LogP contribution in [0.15, 0.2) is 30.6 Å². The number of rotatable bonds is 5. The number of ether oxygens (including phenoxy) is 1. The number of aromatic nitrogens is 2. The van der Waals surface area contributed by atoms with Gasteiger partial charge >= 0.3 is 6.09 Å². The Bertz CT molecular complexity index is 707. The largest absolute Gasteiger partial charge is 0.444 e. The van der Waals surface area contributed by atoms with Crippen LogP contribution in [0.4, 0.5) is 9.18 Å². The highest BCUT2D eigenvalue weighted by Crippen LogP contribution is 2.24. The zero-order chi connectivity index (χ0) is 17.7. The SMILES string of the molecule is CC(C)(C)OC(=O)NCCn1cc(-c2cccc(CO)c2F)cn1. The number of aliphatic hydroxyl groups excluding tert-OH is 1. The van der Waals surface area contributed by atoms with E-state index in [9.17, 15) is 9.18 Å². The van der Waals surface area contributed by atoms with Crippen LogP contribution in [0.1, 0.15) is 26.3 Å². The van der Waals surface area contributed by atoms with E-state index in [4.69, 9.17) is 9.84 Å². The van der Waals surface area contributed by atoms with Crippen LogP contribution in [0.3, 0.4) is 0 Å². The Labute approximate surface area is 140 Å². The highest BCUT2D eigenvalue weighted by Gasteiger charge is 2.15. The minimum atomic E-state index is -0.543. The van der Waals surface area contributed by atoms with Crippen LogP contribution in [0.25, 0.3) is 11.1 Å². The van der Waals surface area contributed by atoms with Crippen LogP contribution >= 0.6 is 0 Å². The van der Waals surface area contributed by atoms with Gasteiger partial charge in [-0.2, -0.15) is 5.10 Å². The van der Waals surface area contributed by atoms with Crippen molar-refractivity contribution in [3.8, 4) is 11.1 Å². The summed E-state index contributed by atoms with van der Waals surface area (Å²) >= 11 is 0. The summed E-state index contributed by atoms with van der Waals surface area (Å²) in [4.78, 5) is 11.6.